The summed E-state index contributed by atoms with van der Waals surface area (Å²) in [6.45, 7) is 10.1. The van der Waals surface area contributed by atoms with Gasteiger partial charge >= 0.3 is 0 Å². The molecule has 0 aliphatic rings. The number of hydrogen-bond acceptors (Lipinski definition) is 2. The summed E-state index contributed by atoms with van der Waals surface area (Å²) in [6.07, 6.45) is 0.905. The van der Waals surface area contributed by atoms with E-state index in [-0.39, 0.29) is 11.1 Å². The molecule has 0 spiro atoms. The highest BCUT2D eigenvalue weighted by molar-refractivity contribution is 6.72. The van der Waals surface area contributed by atoms with E-state index >= 15 is 0 Å². The van der Waals surface area contributed by atoms with E-state index in [0.29, 0.717) is 0 Å². The molecule has 0 saturated carbocycles. The normalized spacial score (nSPS) is 16.6. The van der Waals surface area contributed by atoms with Crippen LogP contribution < -0.4 is 5.73 Å². The van der Waals surface area contributed by atoms with Crippen LogP contribution in [-0.2, 0) is 0 Å². The van der Waals surface area contributed by atoms with E-state index in [4.69, 9.17) is 5.73 Å². The van der Waals surface area contributed by atoms with Crippen molar-refractivity contribution in [3.05, 3.63) is 0 Å². The molecule has 0 aromatic heterocycles. The molecule has 68 valence electrons. The minimum atomic E-state index is -2.03. The fourth-order valence-corrected chi connectivity index (χ4v) is 1.88. The third-order valence-electron chi connectivity index (χ3n) is 2.49. The average molecular weight is 175 g/mol. The van der Waals surface area contributed by atoms with Gasteiger partial charge in [-0.2, -0.15) is 0 Å². The summed E-state index contributed by atoms with van der Waals surface area (Å²) in [6, 6.07) is 0.184. The molecule has 0 bridgehead atoms. The highest BCUT2D eigenvalue weighted by atomic mass is 28.4. The topological polar surface area (TPSA) is 46.2 Å². The second-order valence-electron chi connectivity index (χ2n) is 4.62. The van der Waals surface area contributed by atoms with Crippen molar-refractivity contribution in [2.24, 2.45) is 5.73 Å². The molecule has 0 aromatic carbocycles. The van der Waals surface area contributed by atoms with Gasteiger partial charge < -0.3 is 10.5 Å². The lowest BCUT2D eigenvalue weighted by atomic mass is 10.0. The summed E-state index contributed by atoms with van der Waals surface area (Å²) in [4.78, 5) is 9.88. The van der Waals surface area contributed by atoms with Crippen molar-refractivity contribution in [3.8, 4) is 0 Å². The van der Waals surface area contributed by atoms with Crippen molar-refractivity contribution < 1.29 is 4.80 Å². The molecular weight excluding hydrogens is 154 g/mol. The number of nitrogens with two attached hydrogens (primary N) is 1. The maximum Gasteiger partial charge on any atom is 0.188 e. The maximum absolute atomic E-state index is 9.88. The fourth-order valence-electron chi connectivity index (χ4n) is 1.05. The Balaban J connectivity index is 4.22. The Morgan fingerprint density at radius 1 is 1.45 bits per heavy atom. The lowest BCUT2D eigenvalue weighted by Gasteiger charge is -2.36. The molecule has 2 nitrogen and oxygen atoms in total. The Morgan fingerprint density at radius 3 is 1.91 bits per heavy atom. The monoisotopic (exact) mass is 175 g/mol. The molecule has 1 unspecified atom stereocenters. The molecule has 3 N–H and O–H groups in total. The maximum atomic E-state index is 9.88. The van der Waals surface area contributed by atoms with Crippen LogP contribution in [0.25, 0.3) is 0 Å². The van der Waals surface area contributed by atoms with Gasteiger partial charge in [0.15, 0.2) is 8.32 Å². The van der Waals surface area contributed by atoms with Crippen LogP contribution in [0.3, 0.4) is 0 Å². The van der Waals surface area contributed by atoms with Crippen molar-refractivity contribution in [1.29, 1.82) is 0 Å². The lowest BCUT2D eigenvalue weighted by Crippen LogP contribution is -2.41. The molecule has 0 amide bonds. The average Bonchev–Trinajstić information content (AvgIpc) is 1.56. The van der Waals surface area contributed by atoms with Crippen LogP contribution in [0.5, 0.6) is 0 Å². The third-order valence-corrected chi connectivity index (χ3v) is 6.01. The Labute approximate surface area is 70.9 Å². The van der Waals surface area contributed by atoms with Crippen molar-refractivity contribution in [1.82, 2.24) is 0 Å². The van der Waals surface area contributed by atoms with E-state index < -0.39 is 8.32 Å². The van der Waals surface area contributed by atoms with Gasteiger partial charge in [0.1, 0.15) is 0 Å². The molecule has 0 fully saturated rings. The van der Waals surface area contributed by atoms with Crippen LogP contribution in [0.1, 0.15) is 27.2 Å². The van der Waals surface area contributed by atoms with Crippen LogP contribution in [0.15, 0.2) is 0 Å². The van der Waals surface area contributed by atoms with E-state index in [0.717, 1.165) is 6.42 Å². The summed E-state index contributed by atoms with van der Waals surface area (Å²) in [5, 5.41) is 0.0289. The molecule has 1 atom stereocenters. The summed E-state index contributed by atoms with van der Waals surface area (Å²) in [5.74, 6) is 0. The van der Waals surface area contributed by atoms with Crippen molar-refractivity contribution in [2.75, 3.05) is 0 Å². The Kier molecular flexibility index (Phi) is 3.29. The van der Waals surface area contributed by atoms with Crippen LogP contribution in [0, 0.1) is 0 Å². The van der Waals surface area contributed by atoms with Crippen molar-refractivity contribution in [2.45, 2.75) is 51.4 Å². The summed E-state index contributed by atoms with van der Waals surface area (Å²) < 4.78 is 0. The van der Waals surface area contributed by atoms with Gasteiger partial charge in [0, 0.05) is 6.04 Å². The second kappa shape index (κ2) is 3.25. The van der Waals surface area contributed by atoms with Gasteiger partial charge in [-0.1, -0.05) is 13.8 Å². The van der Waals surface area contributed by atoms with E-state index in [1.54, 1.807) is 0 Å². The van der Waals surface area contributed by atoms with Crippen molar-refractivity contribution in [3.63, 3.8) is 0 Å². The largest absolute Gasteiger partial charge is 0.432 e. The van der Waals surface area contributed by atoms with E-state index in [2.05, 4.69) is 13.8 Å². The Morgan fingerprint density at radius 2 is 1.82 bits per heavy atom. The second-order valence-corrected chi connectivity index (χ2v) is 9.10. The van der Waals surface area contributed by atoms with Gasteiger partial charge in [-0.3, -0.25) is 0 Å². The first kappa shape index (κ1) is 11.1. The molecule has 0 aliphatic heterocycles. The van der Waals surface area contributed by atoms with E-state index in [1.807, 2.05) is 20.0 Å². The first-order valence-corrected chi connectivity index (χ1v) is 7.09. The molecule has 11 heavy (non-hydrogen) atoms. The van der Waals surface area contributed by atoms with Crippen LogP contribution in [0.4, 0.5) is 0 Å². The van der Waals surface area contributed by atoms with Gasteiger partial charge in [0.2, 0.25) is 0 Å². The predicted molar refractivity (Wildman–Crippen MR) is 52.0 cm³/mol. The molecule has 0 radical (unpaired) electrons. The van der Waals surface area contributed by atoms with E-state index in [9.17, 15) is 4.80 Å². The molecule has 3 heteroatoms. The lowest BCUT2D eigenvalue weighted by molar-refractivity contribution is 0.430. The van der Waals surface area contributed by atoms with Crippen LogP contribution in [0.2, 0.25) is 18.1 Å². The quantitative estimate of drug-likeness (QED) is 0.641. The van der Waals surface area contributed by atoms with Gasteiger partial charge in [0.25, 0.3) is 0 Å². The first-order valence-electron chi connectivity index (χ1n) is 4.15. The molecule has 0 heterocycles. The zero-order valence-corrected chi connectivity index (χ0v) is 9.31. The zero-order valence-electron chi connectivity index (χ0n) is 8.31. The predicted octanol–water partition coefficient (Wildman–Crippen LogP) is 1.70. The van der Waals surface area contributed by atoms with Crippen molar-refractivity contribution >= 4 is 8.32 Å². The van der Waals surface area contributed by atoms with Crippen LogP contribution in [-0.4, -0.2) is 19.2 Å². The zero-order chi connectivity index (χ0) is 9.28. The number of hydrogen-bond donors (Lipinski definition) is 2. The molecular formula is C8H21NOSi. The highest BCUT2D eigenvalue weighted by Gasteiger charge is 2.38. The summed E-state index contributed by atoms with van der Waals surface area (Å²) in [7, 11) is -2.03. The standard InChI is InChI=1S/C8H21NOSi/c1-7(9)6-8(2,3)11(4,5)10/h7,10H,6,9H2,1-5H3. The SMILES string of the molecule is CC(N)CC(C)(C)[Si](C)(C)O. The van der Waals surface area contributed by atoms with Crippen LogP contribution >= 0.6 is 0 Å². The third kappa shape index (κ3) is 3.36. The minimum Gasteiger partial charge on any atom is -0.432 e. The minimum absolute atomic E-state index is 0.0289. The van der Waals surface area contributed by atoms with Gasteiger partial charge in [0.05, 0.1) is 0 Å². The Bertz CT molecular complexity index is 127. The molecule has 0 aliphatic carbocycles. The van der Waals surface area contributed by atoms with E-state index in [1.165, 1.54) is 0 Å². The fraction of sp³-hybridized carbons (Fsp3) is 1.00. The number of rotatable bonds is 3. The Hall–Kier alpha value is 0.137. The highest BCUT2D eigenvalue weighted by Crippen LogP contribution is 2.39. The summed E-state index contributed by atoms with van der Waals surface area (Å²) >= 11 is 0. The van der Waals surface area contributed by atoms with Gasteiger partial charge in [-0.05, 0) is 31.5 Å². The molecule has 0 saturated heterocycles. The smallest absolute Gasteiger partial charge is 0.188 e. The molecule has 0 rings (SSSR count). The first-order chi connectivity index (χ1) is 4.67. The van der Waals surface area contributed by atoms with Gasteiger partial charge in [-0.15, -0.1) is 0 Å². The summed E-state index contributed by atoms with van der Waals surface area (Å²) in [5.41, 5.74) is 5.69. The molecule has 0 aromatic rings. The van der Waals surface area contributed by atoms with Gasteiger partial charge in [-0.25, -0.2) is 0 Å².